The number of Topliss-reactive ketones (excluding diaryl/α,β-unsaturated/α-hetero) is 1. The molecule has 2 atom stereocenters. The second kappa shape index (κ2) is 6.33. The lowest BCUT2D eigenvalue weighted by Gasteiger charge is -2.24. The summed E-state index contributed by atoms with van der Waals surface area (Å²) in [5.74, 6) is -2.15. The number of rotatable bonds is 4. The Morgan fingerprint density at radius 1 is 1.15 bits per heavy atom. The number of nitrogens with zero attached hydrogens (tertiary/aromatic N) is 2. The van der Waals surface area contributed by atoms with Crippen molar-refractivity contribution in [2.45, 2.75) is 18.2 Å². The Hall–Kier alpha value is -3.52. The first-order valence-electron chi connectivity index (χ1n) is 8.22. The minimum absolute atomic E-state index is 0.0988. The maximum atomic E-state index is 13.1. The van der Waals surface area contributed by atoms with Gasteiger partial charge in [-0.3, -0.25) is 14.9 Å². The van der Waals surface area contributed by atoms with Crippen molar-refractivity contribution in [2.75, 3.05) is 5.06 Å². The van der Waals surface area contributed by atoms with Crippen LogP contribution in [0, 0.1) is 10.1 Å². The molecule has 2 heterocycles. The van der Waals surface area contributed by atoms with Crippen LogP contribution in [0.5, 0.6) is 0 Å². The maximum Gasteiger partial charge on any atom is 0.333 e. The fraction of sp³-hybridized carbons (Fsp3) is 0.158. The first kappa shape index (κ1) is 16.9. The van der Waals surface area contributed by atoms with Gasteiger partial charge in [-0.05, 0) is 30.3 Å². The average molecular weight is 366 g/mol. The van der Waals surface area contributed by atoms with E-state index in [1.807, 2.05) is 6.07 Å². The number of anilines is 1. The molecule has 2 aromatic rings. The van der Waals surface area contributed by atoms with Gasteiger partial charge in [0, 0.05) is 30.2 Å². The predicted molar refractivity (Wildman–Crippen MR) is 93.8 cm³/mol. The molecule has 1 fully saturated rings. The smallest absolute Gasteiger partial charge is 0.333 e. The number of hydroxylamine groups is 1. The van der Waals surface area contributed by atoms with Gasteiger partial charge in [-0.2, -0.15) is 0 Å². The summed E-state index contributed by atoms with van der Waals surface area (Å²) in [4.78, 5) is 40.8. The normalized spacial score (nSPS) is 23.6. The highest BCUT2D eigenvalue weighted by Crippen LogP contribution is 2.40. The number of hydrogen-bond acceptors (Lipinski definition) is 7. The third kappa shape index (κ3) is 3.06. The number of nitro groups is 1. The van der Waals surface area contributed by atoms with E-state index in [2.05, 4.69) is 0 Å². The van der Waals surface area contributed by atoms with E-state index < -0.39 is 22.7 Å². The molecular formula is C19H14N2O6. The molecule has 0 bridgehead atoms. The zero-order valence-corrected chi connectivity index (χ0v) is 14.0. The molecule has 0 amide bonds. The van der Waals surface area contributed by atoms with Gasteiger partial charge >= 0.3 is 5.97 Å². The SMILES string of the molecule is O=C1C=C[C@@]2(C[C@H](C(=O)c3ccc([N+](=O)[O-])cc3)N(c3ccccc3)O2)O1. The largest absolute Gasteiger partial charge is 0.424 e. The fourth-order valence-electron chi connectivity index (χ4n) is 3.16. The molecule has 0 aromatic heterocycles. The standard InChI is InChI=1S/C19H14N2O6/c22-17-10-11-19(26-17)12-16(20(27-19)14-4-2-1-3-5-14)18(23)13-6-8-15(9-7-13)21(24)25/h1-11,16H,12H2/t16-,19-/m1/s1. The number of hydrogen-bond donors (Lipinski definition) is 0. The Morgan fingerprint density at radius 3 is 2.44 bits per heavy atom. The number of carbonyl (C=O) groups excluding carboxylic acids is 2. The molecule has 0 unspecified atom stereocenters. The number of para-hydroxylation sites is 1. The van der Waals surface area contributed by atoms with Gasteiger partial charge < -0.3 is 4.74 Å². The van der Waals surface area contributed by atoms with Crippen LogP contribution in [0.1, 0.15) is 16.8 Å². The third-order valence-electron chi connectivity index (χ3n) is 4.44. The van der Waals surface area contributed by atoms with E-state index in [0.717, 1.165) is 0 Å². The Kier molecular flexibility index (Phi) is 3.97. The van der Waals surface area contributed by atoms with Crippen LogP contribution in [0.25, 0.3) is 0 Å². The second-order valence-corrected chi connectivity index (χ2v) is 6.21. The van der Waals surface area contributed by atoms with E-state index in [-0.39, 0.29) is 17.9 Å². The molecule has 8 heteroatoms. The highest BCUT2D eigenvalue weighted by atomic mass is 16.8. The Bertz CT molecular complexity index is 940. The van der Waals surface area contributed by atoms with Crippen molar-refractivity contribution in [3.8, 4) is 0 Å². The quantitative estimate of drug-likeness (QED) is 0.355. The average Bonchev–Trinajstić information content (AvgIpc) is 3.24. The zero-order chi connectivity index (χ0) is 19.0. The lowest BCUT2D eigenvalue weighted by Crippen LogP contribution is -2.35. The highest BCUT2D eigenvalue weighted by molar-refractivity contribution is 6.02. The number of nitro benzene ring substituents is 1. The van der Waals surface area contributed by atoms with Gasteiger partial charge in [0.1, 0.15) is 6.04 Å². The van der Waals surface area contributed by atoms with E-state index in [0.29, 0.717) is 11.3 Å². The Morgan fingerprint density at radius 2 is 1.85 bits per heavy atom. The molecule has 2 aliphatic rings. The van der Waals surface area contributed by atoms with E-state index >= 15 is 0 Å². The van der Waals surface area contributed by atoms with Crippen LogP contribution < -0.4 is 5.06 Å². The minimum atomic E-state index is -1.33. The number of carbonyl (C=O) groups is 2. The van der Waals surface area contributed by atoms with Crippen molar-refractivity contribution < 1.29 is 24.1 Å². The summed E-state index contributed by atoms with van der Waals surface area (Å²) < 4.78 is 5.27. The molecule has 136 valence electrons. The van der Waals surface area contributed by atoms with Gasteiger partial charge in [-0.25, -0.2) is 14.7 Å². The summed E-state index contributed by atoms with van der Waals surface area (Å²) in [5.41, 5.74) is 0.838. The van der Waals surface area contributed by atoms with Crippen molar-refractivity contribution in [3.05, 3.63) is 82.4 Å². The van der Waals surface area contributed by atoms with Gasteiger partial charge in [0.15, 0.2) is 5.78 Å². The topological polar surface area (TPSA) is 99.0 Å². The molecule has 8 nitrogen and oxygen atoms in total. The van der Waals surface area contributed by atoms with Crippen molar-refractivity contribution in [1.82, 2.24) is 0 Å². The lowest BCUT2D eigenvalue weighted by molar-refractivity contribution is -0.384. The Balaban J connectivity index is 1.67. The van der Waals surface area contributed by atoms with Crippen LogP contribution in [0.3, 0.4) is 0 Å². The summed E-state index contributed by atoms with van der Waals surface area (Å²) in [6.07, 6.45) is 2.87. The van der Waals surface area contributed by atoms with Crippen molar-refractivity contribution in [1.29, 1.82) is 0 Å². The van der Waals surface area contributed by atoms with Gasteiger partial charge in [-0.1, -0.05) is 18.2 Å². The van der Waals surface area contributed by atoms with Gasteiger partial charge in [-0.15, -0.1) is 0 Å². The summed E-state index contributed by atoms with van der Waals surface area (Å²) in [7, 11) is 0. The van der Waals surface area contributed by atoms with E-state index in [4.69, 9.17) is 9.57 Å². The summed E-state index contributed by atoms with van der Waals surface area (Å²) >= 11 is 0. The fourth-order valence-corrected chi connectivity index (χ4v) is 3.16. The monoisotopic (exact) mass is 366 g/mol. The first-order chi connectivity index (χ1) is 13.0. The van der Waals surface area contributed by atoms with E-state index in [1.165, 1.54) is 41.5 Å². The number of ether oxygens (including phenoxy) is 1. The van der Waals surface area contributed by atoms with Crippen molar-refractivity contribution in [3.63, 3.8) is 0 Å². The highest BCUT2D eigenvalue weighted by Gasteiger charge is 2.52. The molecule has 4 rings (SSSR count). The molecule has 0 radical (unpaired) electrons. The third-order valence-corrected chi connectivity index (χ3v) is 4.44. The summed E-state index contributed by atoms with van der Waals surface area (Å²) in [6, 6.07) is 13.6. The predicted octanol–water partition coefficient (Wildman–Crippen LogP) is 2.80. The lowest BCUT2D eigenvalue weighted by atomic mass is 9.98. The van der Waals surface area contributed by atoms with Crippen LogP contribution in [0.15, 0.2) is 66.7 Å². The molecule has 1 spiro atoms. The van der Waals surface area contributed by atoms with Crippen molar-refractivity contribution >= 4 is 23.1 Å². The molecule has 0 saturated carbocycles. The van der Waals surface area contributed by atoms with Gasteiger partial charge in [0.2, 0.25) is 0 Å². The molecule has 0 aliphatic carbocycles. The maximum absolute atomic E-state index is 13.1. The summed E-state index contributed by atoms with van der Waals surface area (Å²) in [6.45, 7) is 0. The van der Waals surface area contributed by atoms with E-state index in [9.17, 15) is 19.7 Å². The van der Waals surface area contributed by atoms with Crippen LogP contribution in [-0.4, -0.2) is 28.5 Å². The number of esters is 1. The zero-order valence-electron chi connectivity index (χ0n) is 14.0. The van der Waals surface area contributed by atoms with Gasteiger partial charge in [0.05, 0.1) is 10.6 Å². The first-order valence-corrected chi connectivity index (χ1v) is 8.22. The molecule has 27 heavy (non-hydrogen) atoms. The Labute approximate surface area is 153 Å². The summed E-state index contributed by atoms with van der Waals surface area (Å²) in [5, 5.41) is 12.2. The minimum Gasteiger partial charge on any atom is -0.424 e. The second-order valence-electron chi connectivity index (χ2n) is 6.21. The molecule has 1 saturated heterocycles. The van der Waals surface area contributed by atoms with Crippen LogP contribution in [0.4, 0.5) is 11.4 Å². The van der Waals surface area contributed by atoms with Crippen LogP contribution in [0.2, 0.25) is 0 Å². The van der Waals surface area contributed by atoms with E-state index in [1.54, 1.807) is 24.3 Å². The molecule has 2 aromatic carbocycles. The molecule has 0 N–H and O–H groups in total. The molecular weight excluding hydrogens is 352 g/mol. The number of non-ortho nitro benzene ring substituents is 1. The van der Waals surface area contributed by atoms with Gasteiger partial charge in [0.25, 0.3) is 11.5 Å². The van der Waals surface area contributed by atoms with Crippen LogP contribution in [-0.2, 0) is 14.4 Å². The molecule has 2 aliphatic heterocycles. The van der Waals surface area contributed by atoms with Crippen molar-refractivity contribution in [2.24, 2.45) is 0 Å². The number of benzene rings is 2. The number of ketones is 1. The van der Waals surface area contributed by atoms with Crippen LogP contribution >= 0.6 is 0 Å².